The molecular formula is C23H30BN3O4. The minimum atomic E-state index is -0.281. The molecule has 1 aliphatic heterocycles. The fourth-order valence-corrected chi connectivity index (χ4v) is 4.18. The summed E-state index contributed by atoms with van der Waals surface area (Å²) >= 11 is 0. The summed E-state index contributed by atoms with van der Waals surface area (Å²) in [6.45, 7) is 8.16. The Kier molecular flexibility index (Phi) is 7.44. The second-order valence-corrected chi connectivity index (χ2v) is 7.85. The number of ether oxygens (including phenoxy) is 2. The lowest BCUT2D eigenvalue weighted by atomic mass is 9.89. The lowest BCUT2D eigenvalue weighted by Gasteiger charge is -2.37. The van der Waals surface area contributed by atoms with E-state index in [-0.39, 0.29) is 18.0 Å². The number of nitrogens with zero attached hydrogens (tertiary/aromatic N) is 1. The fourth-order valence-electron chi connectivity index (χ4n) is 4.18. The van der Waals surface area contributed by atoms with Crippen molar-refractivity contribution < 1.29 is 14.3 Å². The molecule has 1 amide bonds. The first-order valence-electron chi connectivity index (χ1n) is 10.6. The van der Waals surface area contributed by atoms with Gasteiger partial charge in [0.15, 0.2) is 0 Å². The summed E-state index contributed by atoms with van der Waals surface area (Å²) in [5.74, 6) is 0.166. The number of nitrogens with one attached hydrogen (secondary N) is 2. The van der Waals surface area contributed by atoms with Crippen LogP contribution in [0.1, 0.15) is 46.9 Å². The van der Waals surface area contributed by atoms with Crippen molar-refractivity contribution in [2.24, 2.45) is 0 Å². The Bertz CT molecular complexity index is 999. The first-order valence-corrected chi connectivity index (χ1v) is 10.6. The Hall–Kier alpha value is -2.74. The largest absolute Gasteiger partial charge is 0.496 e. The van der Waals surface area contributed by atoms with E-state index in [9.17, 15) is 9.59 Å². The number of methoxy groups -OCH3 is 1. The number of anilines is 1. The van der Waals surface area contributed by atoms with Crippen LogP contribution in [-0.4, -0.2) is 51.6 Å². The zero-order valence-corrected chi connectivity index (χ0v) is 18.7. The number of pyridine rings is 1. The van der Waals surface area contributed by atoms with E-state index >= 15 is 0 Å². The van der Waals surface area contributed by atoms with Crippen LogP contribution in [0.5, 0.6) is 5.75 Å². The van der Waals surface area contributed by atoms with Gasteiger partial charge in [-0.25, -0.2) is 0 Å². The molecule has 1 aliphatic rings. The Labute approximate surface area is 184 Å². The molecule has 0 bridgehead atoms. The molecule has 1 aromatic heterocycles. The average Bonchev–Trinajstić information content (AvgIpc) is 2.75. The predicted molar refractivity (Wildman–Crippen MR) is 123 cm³/mol. The van der Waals surface area contributed by atoms with Crippen molar-refractivity contribution in [2.45, 2.75) is 46.2 Å². The number of benzene rings is 1. The van der Waals surface area contributed by atoms with Gasteiger partial charge in [0.1, 0.15) is 13.6 Å². The highest BCUT2D eigenvalue weighted by molar-refractivity contribution is 6.33. The SMILES string of the molecule is [B]c1cc(C(=O)NCc2c(OC)cc(C)[nH]c2=O)c(C)c(N(CC)C2CCOCC2)c1. The summed E-state index contributed by atoms with van der Waals surface area (Å²) in [6, 6.07) is 5.70. The molecule has 0 unspecified atom stereocenters. The summed E-state index contributed by atoms with van der Waals surface area (Å²) in [6.07, 6.45) is 1.89. The highest BCUT2D eigenvalue weighted by Gasteiger charge is 2.24. The number of H-pyrrole nitrogens is 1. The second-order valence-electron chi connectivity index (χ2n) is 7.85. The van der Waals surface area contributed by atoms with Gasteiger partial charge in [-0.3, -0.25) is 9.59 Å². The van der Waals surface area contributed by atoms with Gasteiger partial charge < -0.3 is 24.7 Å². The number of hydrogen-bond acceptors (Lipinski definition) is 5. The van der Waals surface area contributed by atoms with Crippen LogP contribution < -0.4 is 26.0 Å². The van der Waals surface area contributed by atoms with E-state index in [2.05, 4.69) is 22.1 Å². The van der Waals surface area contributed by atoms with Gasteiger partial charge in [-0.2, -0.15) is 0 Å². The van der Waals surface area contributed by atoms with Gasteiger partial charge in [0.05, 0.1) is 19.2 Å². The Morgan fingerprint density at radius 2 is 2.00 bits per heavy atom. The van der Waals surface area contributed by atoms with Gasteiger partial charge in [-0.05, 0) is 51.3 Å². The summed E-state index contributed by atoms with van der Waals surface area (Å²) in [5.41, 5.74) is 3.65. The molecule has 0 saturated carbocycles. The molecule has 0 atom stereocenters. The van der Waals surface area contributed by atoms with Crippen LogP contribution >= 0.6 is 0 Å². The molecule has 0 spiro atoms. The van der Waals surface area contributed by atoms with Crippen molar-refractivity contribution in [1.29, 1.82) is 0 Å². The van der Waals surface area contributed by atoms with E-state index in [1.807, 2.05) is 13.0 Å². The topological polar surface area (TPSA) is 83.7 Å². The minimum Gasteiger partial charge on any atom is -0.496 e. The molecule has 1 aromatic carbocycles. The van der Waals surface area contributed by atoms with E-state index in [0.29, 0.717) is 34.1 Å². The van der Waals surface area contributed by atoms with Gasteiger partial charge >= 0.3 is 0 Å². The number of amides is 1. The molecule has 2 N–H and O–H groups in total. The number of carbonyl (C=O) groups is 1. The Morgan fingerprint density at radius 1 is 1.29 bits per heavy atom. The molecule has 2 radical (unpaired) electrons. The summed E-state index contributed by atoms with van der Waals surface area (Å²) in [4.78, 5) is 30.4. The molecule has 31 heavy (non-hydrogen) atoms. The molecule has 1 fully saturated rings. The normalized spacial score (nSPS) is 14.3. The lowest BCUT2D eigenvalue weighted by molar-refractivity contribution is 0.0846. The third kappa shape index (κ3) is 5.13. The third-order valence-electron chi connectivity index (χ3n) is 5.80. The van der Waals surface area contributed by atoms with Crippen LogP contribution in [0.2, 0.25) is 0 Å². The molecular weight excluding hydrogens is 393 g/mol. The van der Waals surface area contributed by atoms with Crippen LogP contribution in [0.3, 0.4) is 0 Å². The van der Waals surface area contributed by atoms with Crippen molar-refractivity contribution >= 4 is 24.9 Å². The molecule has 2 aromatic rings. The van der Waals surface area contributed by atoms with E-state index < -0.39 is 0 Å². The third-order valence-corrected chi connectivity index (χ3v) is 5.80. The maximum Gasteiger partial charge on any atom is 0.256 e. The second kappa shape index (κ2) is 10.0. The summed E-state index contributed by atoms with van der Waals surface area (Å²) in [7, 11) is 7.68. The summed E-state index contributed by atoms with van der Waals surface area (Å²) in [5, 5.41) is 2.85. The smallest absolute Gasteiger partial charge is 0.256 e. The molecule has 0 aliphatic carbocycles. The molecule has 164 valence electrons. The van der Waals surface area contributed by atoms with E-state index in [1.165, 1.54) is 7.11 Å². The van der Waals surface area contributed by atoms with Gasteiger partial charge in [-0.1, -0.05) is 11.5 Å². The van der Waals surface area contributed by atoms with Gasteiger partial charge in [0.2, 0.25) is 0 Å². The van der Waals surface area contributed by atoms with Crippen molar-refractivity contribution in [1.82, 2.24) is 10.3 Å². The van der Waals surface area contributed by atoms with Crippen molar-refractivity contribution in [2.75, 3.05) is 31.8 Å². The van der Waals surface area contributed by atoms with E-state index in [4.69, 9.17) is 17.3 Å². The number of aromatic amines is 1. The first-order chi connectivity index (χ1) is 14.8. The quantitative estimate of drug-likeness (QED) is 0.663. The Balaban J connectivity index is 1.86. The summed E-state index contributed by atoms with van der Waals surface area (Å²) < 4.78 is 10.8. The van der Waals surface area contributed by atoms with Crippen LogP contribution in [0.25, 0.3) is 0 Å². The number of aryl methyl sites for hydroxylation is 1. The standard InChI is InChI=1S/C23H30BN3O4/c1-5-27(17-6-8-31-9-7-17)20-12-16(24)11-18(15(20)3)22(28)25-13-19-21(30-4)10-14(2)26-23(19)29/h10-12,17H,5-9,13H2,1-4H3,(H,25,28)(H,26,29). The molecule has 7 nitrogen and oxygen atoms in total. The maximum atomic E-state index is 13.1. The monoisotopic (exact) mass is 423 g/mol. The van der Waals surface area contributed by atoms with E-state index in [1.54, 1.807) is 19.1 Å². The molecule has 1 saturated heterocycles. The highest BCUT2D eigenvalue weighted by atomic mass is 16.5. The highest BCUT2D eigenvalue weighted by Crippen LogP contribution is 2.27. The van der Waals surface area contributed by atoms with Crippen molar-refractivity contribution in [3.63, 3.8) is 0 Å². The number of carbonyl (C=O) groups excluding carboxylic acids is 1. The van der Waals surface area contributed by atoms with Crippen LogP contribution in [0.15, 0.2) is 23.0 Å². The average molecular weight is 423 g/mol. The number of hydrogen-bond donors (Lipinski definition) is 2. The molecule has 2 heterocycles. The van der Waals surface area contributed by atoms with Gasteiger partial charge in [0.25, 0.3) is 11.5 Å². The van der Waals surface area contributed by atoms with Crippen LogP contribution in [-0.2, 0) is 11.3 Å². The van der Waals surface area contributed by atoms with Gasteiger partial charge in [-0.15, -0.1) is 0 Å². The molecule has 8 heteroatoms. The zero-order chi connectivity index (χ0) is 22.5. The van der Waals surface area contributed by atoms with Crippen molar-refractivity contribution in [3.8, 4) is 5.75 Å². The number of aromatic nitrogens is 1. The fraction of sp³-hybridized carbons (Fsp3) is 0.478. The lowest BCUT2D eigenvalue weighted by Crippen LogP contribution is -2.40. The van der Waals surface area contributed by atoms with Crippen molar-refractivity contribution in [3.05, 3.63) is 50.9 Å². The molecule has 3 rings (SSSR count). The predicted octanol–water partition coefficient (Wildman–Crippen LogP) is 1.73. The maximum absolute atomic E-state index is 13.1. The first kappa shape index (κ1) is 22.9. The van der Waals surface area contributed by atoms with Crippen LogP contribution in [0, 0.1) is 13.8 Å². The number of rotatable bonds is 7. The van der Waals surface area contributed by atoms with E-state index in [0.717, 1.165) is 43.9 Å². The van der Waals surface area contributed by atoms with Crippen LogP contribution in [0.4, 0.5) is 5.69 Å². The zero-order valence-electron chi connectivity index (χ0n) is 18.7. The Morgan fingerprint density at radius 3 is 2.65 bits per heavy atom. The minimum absolute atomic E-state index is 0.0542. The van der Waals surface area contributed by atoms with Gasteiger partial charge in [0, 0.05) is 42.7 Å².